The molecule has 0 aromatic heterocycles. The van der Waals surface area contributed by atoms with Crippen molar-refractivity contribution in [2.45, 2.75) is 195 Å². The molecule has 16 heteroatoms. The van der Waals surface area contributed by atoms with E-state index in [-0.39, 0.29) is 90.5 Å². The first-order valence-corrected chi connectivity index (χ1v) is 27.3. The fourth-order valence-corrected chi connectivity index (χ4v) is 7.05. The quantitative estimate of drug-likeness (QED) is 0.193. The Morgan fingerprint density at radius 1 is 0.411 bits per heavy atom. The molecule has 16 nitrogen and oxygen atoms in total. The van der Waals surface area contributed by atoms with Crippen LogP contribution >= 0.6 is 0 Å². The number of piperidine rings is 2. The number of hydrogen-bond acceptors (Lipinski definition) is 9. The number of hydrogen-bond donors (Lipinski definition) is 2. The zero-order chi connectivity index (χ0) is 56.4. The molecule has 0 saturated carbocycles. The van der Waals surface area contributed by atoms with Gasteiger partial charge >= 0.3 is 0 Å². The van der Waals surface area contributed by atoms with Gasteiger partial charge in [0.1, 0.15) is 5.78 Å². The second kappa shape index (κ2) is 41.9. The Labute approximate surface area is 446 Å². The van der Waals surface area contributed by atoms with Crippen molar-refractivity contribution in [2.75, 3.05) is 73.5 Å². The Morgan fingerprint density at radius 2 is 0.685 bits per heavy atom. The van der Waals surface area contributed by atoms with Crippen molar-refractivity contribution < 1.29 is 43.2 Å². The van der Waals surface area contributed by atoms with Crippen LogP contribution in [0.15, 0.2) is 0 Å². The second-order valence-electron chi connectivity index (χ2n) is 21.8. The van der Waals surface area contributed by atoms with Crippen LogP contribution in [0, 0.1) is 47.3 Å². The van der Waals surface area contributed by atoms with E-state index in [1.165, 1.54) is 64.7 Å². The molecule has 0 aliphatic carbocycles. The number of nitrogens with one attached hydrogen (secondary N) is 2. The van der Waals surface area contributed by atoms with Gasteiger partial charge in [0, 0.05) is 127 Å². The molecule has 4 saturated heterocycles. The molecule has 0 aromatic carbocycles. The largest absolute Gasteiger partial charge is 0.359 e. The minimum Gasteiger partial charge on any atom is -0.359 e. The number of Topliss-reactive ketones (excluding diaryl/α,β-unsaturated/α-hetero) is 2. The van der Waals surface area contributed by atoms with Crippen molar-refractivity contribution in [1.29, 1.82) is 0 Å². The third kappa shape index (κ3) is 35.5. The van der Waals surface area contributed by atoms with Gasteiger partial charge in [0.05, 0.1) is 6.04 Å². The third-order valence-electron chi connectivity index (χ3n) is 12.2. The zero-order valence-corrected chi connectivity index (χ0v) is 49.3. The fraction of sp³-hybridized carbons (Fsp3) is 0.842. The lowest BCUT2D eigenvalue weighted by Gasteiger charge is -2.32. The topological polar surface area (TPSA) is 194 Å². The molecule has 4 rings (SSSR count). The Balaban J connectivity index is -0.000000385. The van der Waals surface area contributed by atoms with Gasteiger partial charge in [-0.05, 0) is 71.6 Å². The average Bonchev–Trinajstić information content (AvgIpc) is 3.86. The molecule has 2 atom stereocenters. The minimum atomic E-state index is -0.517. The molecule has 0 radical (unpaired) electrons. The lowest BCUT2D eigenvalue weighted by Crippen LogP contribution is -2.44. The van der Waals surface area contributed by atoms with Gasteiger partial charge in [0.15, 0.2) is 5.78 Å². The Morgan fingerprint density at radius 3 is 0.849 bits per heavy atom. The van der Waals surface area contributed by atoms with Crippen molar-refractivity contribution in [3.05, 3.63) is 0 Å². The first kappa shape index (κ1) is 75.1. The predicted octanol–water partition coefficient (Wildman–Crippen LogP) is 8.54. The summed E-state index contributed by atoms with van der Waals surface area (Å²) in [5.74, 6) is 1.85. The minimum absolute atomic E-state index is 0. The summed E-state index contributed by atoms with van der Waals surface area (Å²) in [7, 11) is 5.17. The lowest BCUT2D eigenvalue weighted by atomic mass is 9.97. The number of rotatable bonds is 12. The van der Waals surface area contributed by atoms with E-state index in [0.29, 0.717) is 23.6 Å². The van der Waals surface area contributed by atoms with Crippen LogP contribution in [0.3, 0.4) is 0 Å². The molecule has 428 valence electrons. The summed E-state index contributed by atoms with van der Waals surface area (Å²) in [5.41, 5.74) is 0. The van der Waals surface area contributed by atoms with E-state index in [4.69, 9.17) is 0 Å². The molecular weight excluding hydrogens is 927 g/mol. The number of carbonyl (C=O) groups is 9. The van der Waals surface area contributed by atoms with E-state index < -0.39 is 6.04 Å². The molecule has 0 spiro atoms. The molecule has 73 heavy (non-hydrogen) atoms. The number of ketones is 2. The maximum Gasteiger partial charge on any atom is 0.225 e. The first-order chi connectivity index (χ1) is 33.3. The van der Waals surface area contributed by atoms with Gasteiger partial charge in [-0.1, -0.05) is 111 Å². The standard InChI is InChI=1S/C12H21NO3.2C9H17NO.C8H15NO.C7H13NO.C6H13NO.C5H11NO.CH4/c1-7(2)12(16)13-9(4)11(15)6-8(3)10(5)14;2*1-8(2)9(11)10-6-4-3-5-7-10;1-7(2)8(10)9-5-3-4-6-9;1-6(2)7(9)8-4-3-5-8;1-5(2)6(8)7(3)4;1-4(2)5(7)6-3;/h7-9H,6H2,1-5H3,(H,13,16);2*8H,3-7H2,1-2H3;7H,3-6H2,1-2H3;6H,3-5H2,1-2H3;5H,1-4H3;4H,1-3H3,(H,6,7);1H4. The monoisotopic (exact) mass is 1040 g/mol. The van der Waals surface area contributed by atoms with Crippen LogP contribution in [0.25, 0.3) is 0 Å². The van der Waals surface area contributed by atoms with E-state index in [0.717, 1.165) is 52.4 Å². The van der Waals surface area contributed by atoms with Gasteiger partial charge in [0.2, 0.25) is 41.4 Å². The van der Waals surface area contributed by atoms with E-state index in [9.17, 15) is 43.2 Å². The number of amides is 7. The molecular formula is C57H111N7O9. The van der Waals surface area contributed by atoms with Crippen molar-refractivity contribution in [3.63, 3.8) is 0 Å². The summed E-state index contributed by atoms with van der Waals surface area (Å²) in [6.45, 7) is 39.4. The van der Waals surface area contributed by atoms with Crippen LogP contribution in [0.5, 0.6) is 0 Å². The Kier molecular flexibility index (Phi) is 43.2. The highest BCUT2D eigenvalue weighted by Gasteiger charge is 2.24. The van der Waals surface area contributed by atoms with Crippen LogP contribution in [-0.4, -0.2) is 157 Å². The average molecular weight is 1040 g/mol. The maximum atomic E-state index is 11.6. The normalized spacial score (nSPS) is 15.5. The van der Waals surface area contributed by atoms with Crippen molar-refractivity contribution in [3.8, 4) is 0 Å². The summed E-state index contributed by atoms with van der Waals surface area (Å²) in [6, 6.07) is -0.517. The zero-order valence-electron chi connectivity index (χ0n) is 49.3. The summed E-state index contributed by atoms with van der Waals surface area (Å²) >= 11 is 0. The van der Waals surface area contributed by atoms with Gasteiger partial charge in [-0.3, -0.25) is 43.2 Å². The van der Waals surface area contributed by atoms with Crippen molar-refractivity contribution in [2.24, 2.45) is 47.3 Å². The second-order valence-corrected chi connectivity index (χ2v) is 21.8. The lowest BCUT2D eigenvalue weighted by molar-refractivity contribution is -0.138. The van der Waals surface area contributed by atoms with Gasteiger partial charge in [0.25, 0.3) is 0 Å². The molecule has 2 N–H and O–H groups in total. The van der Waals surface area contributed by atoms with Gasteiger partial charge in [-0.15, -0.1) is 0 Å². The summed E-state index contributed by atoms with van der Waals surface area (Å²) in [5, 5.41) is 5.15. The van der Waals surface area contributed by atoms with Crippen LogP contribution in [0.2, 0.25) is 0 Å². The van der Waals surface area contributed by atoms with Crippen LogP contribution in [-0.2, 0) is 43.2 Å². The molecule has 4 heterocycles. The summed E-state index contributed by atoms with van der Waals surface area (Å²) < 4.78 is 0. The van der Waals surface area contributed by atoms with E-state index in [1.807, 2.05) is 103 Å². The van der Waals surface area contributed by atoms with Gasteiger partial charge < -0.3 is 35.1 Å². The molecule has 7 amide bonds. The Hall–Kier alpha value is -4.37. The molecule has 4 fully saturated rings. The third-order valence-corrected chi connectivity index (χ3v) is 12.2. The van der Waals surface area contributed by atoms with Gasteiger partial charge in [-0.2, -0.15) is 0 Å². The summed E-state index contributed by atoms with van der Waals surface area (Å²) in [6.07, 6.45) is 11.1. The van der Waals surface area contributed by atoms with Crippen molar-refractivity contribution in [1.82, 2.24) is 35.1 Å². The molecule has 2 unspecified atom stereocenters. The van der Waals surface area contributed by atoms with Gasteiger partial charge in [-0.25, -0.2) is 0 Å². The highest BCUT2D eigenvalue weighted by molar-refractivity contribution is 5.92. The molecule has 4 aliphatic rings. The predicted molar refractivity (Wildman–Crippen MR) is 298 cm³/mol. The van der Waals surface area contributed by atoms with E-state index in [1.54, 1.807) is 53.7 Å². The highest BCUT2D eigenvalue weighted by atomic mass is 16.2. The van der Waals surface area contributed by atoms with E-state index >= 15 is 0 Å². The molecule has 0 bridgehead atoms. The Bertz CT molecular complexity index is 1540. The smallest absolute Gasteiger partial charge is 0.225 e. The SMILES string of the molecule is C.CC(=O)C(C)CC(=O)C(C)NC(=O)C(C)C.CC(C)C(=O)N(C)C.CC(C)C(=O)N1CCC1.CC(C)C(=O)N1CCCC1.CC(C)C(=O)N1CCCCC1.CC(C)C(=O)N1CCCCC1.CNC(=O)C(C)C. The first-order valence-electron chi connectivity index (χ1n) is 27.3. The van der Waals surface area contributed by atoms with Crippen LogP contribution in [0.1, 0.15) is 189 Å². The molecule has 4 aliphatic heterocycles. The van der Waals surface area contributed by atoms with Crippen molar-refractivity contribution >= 4 is 52.9 Å². The van der Waals surface area contributed by atoms with Crippen LogP contribution < -0.4 is 10.6 Å². The number of carbonyl (C=O) groups excluding carboxylic acids is 9. The number of likely N-dealkylation sites (tertiary alicyclic amines) is 4. The van der Waals surface area contributed by atoms with Crippen LogP contribution in [0.4, 0.5) is 0 Å². The molecule has 0 aromatic rings. The van der Waals surface area contributed by atoms with E-state index in [2.05, 4.69) is 10.6 Å². The number of nitrogens with zero attached hydrogens (tertiary/aromatic N) is 5. The fourth-order valence-electron chi connectivity index (χ4n) is 7.05. The summed E-state index contributed by atoms with van der Waals surface area (Å²) in [4.78, 5) is 110. The maximum absolute atomic E-state index is 11.6. The highest BCUT2D eigenvalue weighted by Crippen LogP contribution is 2.14.